The van der Waals surface area contributed by atoms with Crippen molar-refractivity contribution >= 4 is 39.3 Å². The summed E-state index contributed by atoms with van der Waals surface area (Å²) in [6, 6.07) is 4.24. The van der Waals surface area contributed by atoms with Crippen molar-refractivity contribution in [1.29, 1.82) is 0 Å². The number of hydrogen-bond acceptors (Lipinski definition) is 7. The van der Waals surface area contributed by atoms with Crippen LogP contribution in [-0.4, -0.2) is 78.1 Å². The predicted molar refractivity (Wildman–Crippen MR) is 205 cm³/mol. The number of benzene rings is 1. The van der Waals surface area contributed by atoms with Crippen molar-refractivity contribution in [2.24, 2.45) is 40.4 Å². The van der Waals surface area contributed by atoms with Gasteiger partial charge >= 0.3 is 6.03 Å². The Bertz CT molecular complexity index is 1760. The highest BCUT2D eigenvalue weighted by Crippen LogP contribution is 2.65. The molecule has 4 fully saturated rings. The second-order valence-electron chi connectivity index (χ2n) is 18.4. The molecule has 3 aliphatic carbocycles. The van der Waals surface area contributed by atoms with Crippen LogP contribution in [0.4, 0.5) is 4.79 Å². The first-order chi connectivity index (χ1) is 25.4. The Balaban J connectivity index is 1.18. The molecule has 11 nitrogen and oxygen atoms in total. The van der Waals surface area contributed by atoms with Crippen LogP contribution in [0.3, 0.4) is 0 Å². The Labute approximate surface area is 321 Å². The van der Waals surface area contributed by atoms with Crippen LogP contribution in [0.5, 0.6) is 0 Å². The van der Waals surface area contributed by atoms with Gasteiger partial charge < -0.3 is 15.5 Å². The lowest BCUT2D eigenvalue weighted by molar-refractivity contribution is -0.144. The number of likely N-dealkylation sites (tertiary alicyclic amines) is 1. The number of nitrogens with one attached hydrogen (secondary N) is 2. The fraction of sp³-hybridized carbons (Fsp3) is 0.690. The maximum atomic E-state index is 14.6. The summed E-state index contributed by atoms with van der Waals surface area (Å²) in [5.74, 6) is -1.77. The van der Waals surface area contributed by atoms with Gasteiger partial charge in [0.1, 0.15) is 6.04 Å². The number of hydrogen-bond donors (Lipinski definition) is 2. The third kappa shape index (κ3) is 8.39. The second kappa shape index (κ2) is 15.6. The molecule has 296 valence electrons. The van der Waals surface area contributed by atoms with Gasteiger partial charge in [0.05, 0.1) is 10.9 Å². The average Bonchev–Trinajstić information content (AvgIpc) is 3.95. The molecule has 5 aliphatic rings. The summed E-state index contributed by atoms with van der Waals surface area (Å²) in [6.07, 6.45) is 9.30. The largest absolute Gasteiger partial charge is 0.334 e. The molecule has 2 aliphatic heterocycles. The zero-order chi connectivity index (χ0) is 39.2. The van der Waals surface area contributed by atoms with E-state index in [2.05, 4.69) is 31.1 Å². The smallest absolute Gasteiger partial charge is 0.315 e. The third-order valence-corrected chi connectivity index (χ3v) is 15.0. The first kappa shape index (κ1) is 40.3. The summed E-state index contributed by atoms with van der Waals surface area (Å²) in [6.45, 7) is 14.2. The molecule has 0 bridgehead atoms. The molecular formula is C42H60N4O7S. The molecule has 1 aromatic carbocycles. The van der Waals surface area contributed by atoms with Gasteiger partial charge in [-0.2, -0.15) is 4.31 Å². The zero-order valence-electron chi connectivity index (χ0n) is 32.8. The maximum Gasteiger partial charge on any atom is 0.315 e. The standard InChI is InChI=1S/C42H60N4O7S/c1-7-8-17-32(47)37(49)29(21-26-19-20-26)22-33(48)36-35-30(42(35,5)6)24-46(36)39(50)38(41(2,3)4)44-40(51)43-31(27-14-10-9-11-15-27)25-45-23-28-16-12-13-18-34(28)54(45,52)53/h7,12-13,16,18,26-27,29-31,35-36,38H,1,8-11,14-15,17,19-25H2,2-6H3,(H2,43,44,51)/t29?,30-,31+,35-,36+,38+/m0/s1. The number of allylic oxidation sites excluding steroid dienone is 1. The normalized spacial score (nSPS) is 26.2. The van der Waals surface area contributed by atoms with Crippen LogP contribution in [0.1, 0.15) is 111 Å². The topological polar surface area (TPSA) is 150 Å². The summed E-state index contributed by atoms with van der Waals surface area (Å²) in [7, 11) is -3.71. The number of sulfonamides is 1. The number of rotatable bonds is 16. The van der Waals surface area contributed by atoms with Gasteiger partial charge in [0.15, 0.2) is 11.6 Å². The van der Waals surface area contributed by atoms with Gasteiger partial charge in [-0.25, -0.2) is 13.2 Å². The van der Waals surface area contributed by atoms with Crippen molar-refractivity contribution in [3.63, 3.8) is 0 Å². The Morgan fingerprint density at radius 3 is 2.31 bits per heavy atom. The van der Waals surface area contributed by atoms with Crippen LogP contribution in [0.25, 0.3) is 0 Å². The van der Waals surface area contributed by atoms with E-state index in [1.54, 1.807) is 23.1 Å². The van der Waals surface area contributed by atoms with E-state index in [4.69, 9.17) is 0 Å². The SMILES string of the molecule is C=CCCC(=O)C(=O)C(CC(=O)[C@@H]1[C@@H]2[C@H](CN1C(=O)[C@@H](NC(=O)N[C@H](CN1Cc3ccccc3S1(=O)=O)C1CCCCC1)C(C)(C)C)C2(C)C)CC1CC1. The number of Topliss-reactive ketones (excluding diaryl/α,β-unsaturated/α-hetero) is 3. The number of carbonyl (C=O) groups excluding carboxylic acids is 5. The van der Waals surface area contributed by atoms with Crippen LogP contribution >= 0.6 is 0 Å². The molecular weight excluding hydrogens is 705 g/mol. The predicted octanol–water partition coefficient (Wildman–Crippen LogP) is 5.82. The molecule has 0 spiro atoms. The highest BCUT2D eigenvalue weighted by atomic mass is 32.2. The fourth-order valence-corrected chi connectivity index (χ4v) is 11.2. The number of nitrogens with zero attached hydrogens (tertiary/aromatic N) is 2. The number of amides is 3. The minimum absolute atomic E-state index is 0.0706. The molecule has 54 heavy (non-hydrogen) atoms. The number of piperidine rings is 1. The Morgan fingerprint density at radius 1 is 1.00 bits per heavy atom. The highest BCUT2D eigenvalue weighted by Gasteiger charge is 2.69. The van der Waals surface area contributed by atoms with E-state index in [-0.39, 0.29) is 60.8 Å². The van der Waals surface area contributed by atoms with E-state index in [9.17, 15) is 32.4 Å². The number of ketones is 3. The number of fused-ring (bicyclic) bond motifs is 2. The van der Waals surface area contributed by atoms with Gasteiger partial charge in [-0.05, 0) is 71.8 Å². The molecule has 6 rings (SSSR count). The first-order valence-electron chi connectivity index (χ1n) is 20.1. The van der Waals surface area contributed by atoms with Crippen molar-refractivity contribution in [2.45, 2.75) is 135 Å². The molecule has 2 N–H and O–H groups in total. The molecule has 1 unspecified atom stereocenters. The van der Waals surface area contributed by atoms with Crippen LogP contribution in [0, 0.1) is 40.4 Å². The van der Waals surface area contributed by atoms with Crippen LogP contribution in [0.2, 0.25) is 0 Å². The molecule has 1 saturated heterocycles. The summed E-state index contributed by atoms with van der Waals surface area (Å²) >= 11 is 0. The van der Waals surface area contributed by atoms with Crippen molar-refractivity contribution < 1.29 is 32.4 Å². The Hall–Kier alpha value is -3.38. The van der Waals surface area contributed by atoms with E-state index < -0.39 is 57.1 Å². The molecule has 0 aromatic heterocycles. The third-order valence-electron chi connectivity index (χ3n) is 13.1. The first-order valence-corrected chi connectivity index (χ1v) is 21.5. The van der Waals surface area contributed by atoms with Crippen molar-refractivity contribution in [1.82, 2.24) is 19.8 Å². The lowest BCUT2D eigenvalue weighted by atomic mass is 9.83. The van der Waals surface area contributed by atoms with Gasteiger partial charge in [-0.1, -0.05) is 91.0 Å². The summed E-state index contributed by atoms with van der Waals surface area (Å²) in [5, 5.41) is 6.09. The summed E-state index contributed by atoms with van der Waals surface area (Å²) < 4.78 is 28.5. The fourth-order valence-electron chi connectivity index (χ4n) is 9.56. The van der Waals surface area contributed by atoms with E-state index in [0.717, 1.165) is 50.5 Å². The van der Waals surface area contributed by atoms with Crippen molar-refractivity contribution in [2.75, 3.05) is 13.1 Å². The molecule has 3 saturated carbocycles. The Morgan fingerprint density at radius 2 is 1.69 bits per heavy atom. The quantitative estimate of drug-likeness (QED) is 0.159. The monoisotopic (exact) mass is 764 g/mol. The Kier molecular flexibility index (Phi) is 11.7. The van der Waals surface area contributed by atoms with E-state index in [0.29, 0.717) is 30.2 Å². The van der Waals surface area contributed by atoms with Crippen molar-refractivity contribution in [3.8, 4) is 0 Å². The maximum absolute atomic E-state index is 14.6. The lowest BCUT2D eigenvalue weighted by Gasteiger charge is -2.38. The van der Waals surface area contributed by atoms with Gasteiger partial charge in [0.2, 0.25) is 21.7 Å². The molecule has 2 heterocycles. The average molecular weight is 765 g/mol. The van der Waals surface area contributed by atoms with Crippen molar-refractivity contribution in [3.05, 3.63) is 42.5 Å². The van der Waals surface area contributed by atoms with Gasteiger partial charge in [-0.3, -0.25) is 19.2 Å². The zero-order valence-corrected chi connectivity index (χ0v) is 33.6. The van der Waals surface area contributed by atoms with Crippen LogP contribution in [-0.2, 0) is 35.7 Å². The second-order valence-corrected chi connectivity index (χ2v) is 20.3. The summed E-state index contributed by atoms with van der Waals surface area (Å²) in [4.78, 5) is 71.0. The summed E-state index contributed by atoms with van der Waals surface area (Å²) in [5.41, 5.74) is -0.147. The molecule has 1 aromatic rings. The minimum atomic E-state index is -3.71. The van der Waals surface area contributed by atoms with Crippen LogP contribution in [0.15, 0.2) is 41.8 Å². The number of carbonyl (C=O) groups is 5. The highest BCUT2D eigenvalue weighted by molar-refractivity contribution is 7.89. The van der Waals surface area contributed by atoms with Gasteiger partial charge in [-0.15, -0.1) is 6.58 Å². The molecule has 6 atom stereocenters. The lowest BCUT2D eigenvalue weighted by Crippen LogP contribution is -2.61. The minimum Gasteiger partial charge on any atom is -0.334 e. The van der Waals surface area contributed by atoms with E-state index in [1.807, 2.05) is 32.9 Å². The van der Waals surface area contributed by atoms with Crippen LogP contribution < -0.4 is 10.6 Å². The molecule has 0 radical (unpaired) electrons. The molecule has 12 heteroatoms. The number of urea groups is 1. The van der Waals surface area contributed by atoms with Gasteiger partial charge in [0.25, 0.3) is 0 Å². The molecule has 3 amide bonds. The van der Waals surface area contributed by atoms with Gasteiger partial charge in [0, 0.05) is 44.4 Å². The van der Waals surface area contributed by atoms with E-state index in [1.165, 1.54) is 4.31 Å². The van der Waals surface area contributed by atoms with E-state index >= 15 is 0 Å².